The zero-order chi connectivity index (χ0) is 11.5. The molecular formula is C12H17NO3. The molecule has 2 rings (SSSR count). The molecule has 0 saturated heterocycles. The van der Waals surface area contributed by atoms with Crippen molar-refractivity contribution in [1.29, 1.82) is 0 Å². The van der Waals surface area contributed by atoms with E-state index in [9.17, 15) is 0 Å². The lowest BCUT2D eigenvalue weighted by Crippen LogP contribution is -2.17. The summed E-state index contributed by atoms with van der Waals surface area (Å²) in [5.41, 5.74) is 6.74. The quantitative estimate of drug-likeness (QED) is 0.844. The Kier molecular flexibility index (Phi) is 3.19. The highest BCUT2D eigenvalue weighted by molar-refractivity contribution is 5.52. The smallest absolute Gasteiger partial charge is 0.165 e. The SMILES string of the molecule is COc1cc2c(cc1C(C)CN)OCCO2. The third-order valence-corrected chi connectivity index (χ3v) is 2.78. The van der Waals surface area contributed by atoms with Crippen molar-refractivity contribution < 1.29 is 14.2 Å². The Balaban J connectivity index is 2.43. The number of methoxy groups -OCH3 is 1. The molecule has 1 heterocycles. The van der Waals surface area contributed by atoms with Crippen LogP contribution in [-0.2, 0) is 0 Å². The molecule has 0 aliphatic carbocycles. The minimum Gasteiger partial charge on any atom is -0.496 e. The average Bonchev–Trinajstić information content (AvgIpc) is 2.36. The molecule has 1 aromatic carbocycles. The Morgan fingerprint density at radius 3 is 2.50 bits per heavy atom. The van der Waals surface area contributed by atoms with Crippen LogP contribution in [0.1, 0.15) is 18.4 Å². The molecular weight excluding hydrogens is 206 g/mol. The number of benzene rings is 1. The number of rotatable bonds is 3. The van der Waals surface area contributed by atoms with Crippen molar-refractivity contribution in [2.75, 3.05) is 26.9 Å². The molecule has 1 aliphatic rings. The van der Waals surface area contributed by atoms with Crippen LogP contribution >= 0.6 is 0 Å². The van der Waals surface area contributed by atoms with Crippen LogP contribution in [0.5, 0.6) is 17.2 Å². The molecule has 0 amide bonds. The second-order valence-corrected chi connectivity index (χ2v) is 3.87. The van der Waals surface area contributed by atoms with Gasteiger partial charge in [-0.05, 0) is 18.5 Å². The van der Waals surface area contributed by atoms with Crippen molar-refractivity contribution >= 4 is 0 Å². The van der Waals surface area contributed by atoms with Crippen LogP contribution < -0.4 is 19.9 Å². The van der Waals surface area contributed by atoms with Crippen LogP contribution in [0.3, 0.4) is 0 Å². The summed E-state index contributed by atoms with van der Waals surface area (Å²) in [4.78, 5) is 0. The van der Waals surface area contributed by atoms with E-state index in [1.54, 1.807) is 7.11 Å². The zero-order valence-corrected chi connectivity index (χ0v) is 9.66. The van der Waals surface area contributed by atoms with Crippen LogP contribution in [-0.4, -0.2) is 26.9 Å². The normalized spacial score (nSPS) is 15.7. The fraction of sp³-hybridized carbons (Fsp3) is 0.500. The van der Waals surface area contributed by atoms with Crippen LogP contribution in [0.4, 0.5) is 0 Å². The molecule has 1 aromatic rings. The minimum atomic E-state index is 0.241. The first-order chi connectivity index (χ1) is 7.76. The van der Waals surface area contributed by atoms with Crippen molar-refractivity contribution in [2.24, 2.45) is 5.73 Å². The fourth-order valence-electron chi connectivity index (χ4n) is 1.77. The largest absolute Gasteiger partial charge is 0.496 e. The number of fused-ring (bicyclic) bond motifs is 1. The predicted octanol–water partition coefficient (Wildman–Crippen LogP) is 1.53. The van der Waals surface area contributed by atoms with Gasteiger partial charge in [-0.2, -0.15) is 0 Å². The zero-order valence-electron chi connectivity index (χ0n) is 9.66. The van der Waals surface area contributed by atoms with Gasteiger partial charge in [-0.15, -0.1) is 0 Å². The highest BCUT2D eigenvalue weighted by Gasteiger charge is 2.18. The van der Waals surface area contributed by atoms with E-state index in [1.807, 2.05) is 12.1 Å². The minimum absolute atomic E-state index is 0.241. The van der Waals surface area contributed by atoms with Gasteiger partial charge in [0.25, 0.3) is 0 Å². The predicted molar refractivity (Wildman–Crippen MR) is 61.5 cm³/mol. The number of hydrogen-bond donors (Lipinski definition) is 1. The molecule has 1 aliphatic heterocycles. The summed E-state index contributed by atoms with van der Waals surface area (Å²) in [6.07, 6.45) is 0. The first-order valence-electron chi connectivity index (χ1n) is 5.44. The standard InChI is InChI=1S/C12H17NO3/c1-8(7-13)9-5-11-12(6-10(9)14-2)16-4-3-15-11/h5-6,8H,3-4,7,13H2,1-2H3. The van der Waals surface area contributed by atoms with Crippen LogP contribution in [0.15, 0.2) is 12.1 Å². The summed E-state index contributed by atoms with van der Waals surface area (Å²) >= 11 is 0. The van der Waals surface area contributed by atoms with E-state index in [4.69, 9.17) is 19.9 Å². The van der Waals surface area contributed by atoms with Crippen LogP contribution in [0.2, 0.25) is 0 Å². The third kappa shape index (κ3) is 1.93. The van der Waals surface area contributed by atoms with Gasteiger partial charge in [0.1, 0.15) is 19.0 Å². The summed E-state index contributed by atoms with van der Waals surface area (Å²) in [5.74, 6) is 2.58. The molecule has 4 heteroatoms. The van der Waals surface area contributed by atoms with Crippen LogP contribution in [0.25, 0.3) is 0 Å². The maximum absolute atomic E-state index is 5.68. The average molecular weight is 223 g/mol. The highest BCUT2D eigenvalue weighted by atomic mass is 16.6. The van der Waals surface area contributed by atoms with Gasteiger partial charge in [-0.3, -0.25) is 0 Å². The Hall–Kier alpha value is -1.42. The first kappa shape index (κ1) is 11.1. The lowest BCUT2D eigenvalue weighted by Gasteiger charge is -2.22. The number of nitrogens with two attached hydrogens (primary N) is 1. The molecule has 0 fully saturated rings. The molecule has 88 valence electrons. The molecule has 16 heavy (non-hydrogen) atoms. The van der Waals surface area contributed by atoms with Gasteiger partial charge >= 0.3 is 0 Å². The van der Waals surface area contributed by atoms with E-state index in [0.717, 1.165) is 22.8 Å². The highest BCUT2D eigenvalue weighted by Crippen LogP contribution is 2.39. The Morgan fingerprint density at radius 2 is 1.94 bits per heavy atom. The maximum Gasteiger partial charge on any atom is 0.165 e. The van der Waals surface area contributed by atoms with E-state index >= 15 is 0 Å². The van der Waals surface area contributed by atoms with Gasteiger partial charge in [0.05, 0.1) is 7.11 Å². The Bertz CT molecular complexity index is 379. The van der Waals surface area contributed by atoms with Crippen LogP contribution in [0, 0.1) is 0 Å². The Labute approximate surface area is 95.3 Å². The fourth-order valence-corrected chi connectivity index (χ4v) is 1.77. The van der Waals surface area contributed by atoms with Gasteiger partial charge in [-0.25, -0.2) is 0 Å². The van der Waals surface area contributed by atoms with Gasteiger partial charge in [0.15, 0.2) is 11.5 Å². The Morgan fingerprint density at radius 1 is 1.31 bits per heavy atom. The van der Waals surface area contributed by atoms with E-state index in [1.165, 1.54) is 0 Å². The van der Waals surface area contributed by atoms with Crippen molar-refractivity contribution in [3.63, 3.8) is 0 Å². The molecule has 0 aromatic heterocycles. The van der Waals surface area contributed by atoms with E-state index < -0.39 is 0 Å². The summed E-state index contributed by atoms with van der Waals surface area (Å²) in [6.45, 7) is 3.82. The van der Waals surface area contributed by atoms with E-state index in [2.05, 4.69) is 6.92 Å². The maximum atomic E-state index is 5.68. The van der Waals surface area contributed by atoms with Gasteiger partial charge < -0.3 is 19.9 Å². The second-order valence-electron chi connectivity index (χ2n) is 3.87. The van der Waals surface area contributed by atoms with Crippen molar-refractivity contribution in [3.05, 3.63) is 17.7 Å². The molecule has 0 saturated carbocycles. The van der Waals surface area contributed by atoms with Crippen molar-refractivity contribution in [1.82, 2.24) is 0 Å². The molecule has 1 unspecified atom stereocenters. The summed E-state index contributed by atoms with van der Waals surface area (Å²) < 4.78 is 16.4. The molecule has 0 spiro atoms. The number of hydrogen-bond acceptors (Lipinski definition) is 4. The first-order valence-corrected chi connectivity index (χ1v) is 5.44. The number of ether oxygens (including phenoxy) is 3. The van der Waals surface area contributed by atoms with Crippen molar-refractivity contribution in [2.45, 2.75) is 12.8 Å². The van der Waals surface area contributed by atoms with Gasteiger partial charge in [0.2, 0.25) is 0 Å². The monoisotopic (exact) mass is 223 g/mol. The van der Waals surface area contributed by atoms with Crippen molar-refractivity contribution in [3.8, 4) is 17.2 Å². The summed E-state index contributed by atoms with van der Waals surface area (Å²) in [6, 6.07) is 3.83. The van der Waals surface area contributed by atoms with E-state index in [-0.39, 0.29) is 5.92 Å². The topological polar surface area (TPSA) is 53.7 Å². The molecule has 2 N–H and O–H groups in total. The van der Waals surface area contributed by atoms with Gasteiger partial charge in [0, 0.05) is 11.6 Å². The molecule has 4 nitrogen and oxygen atoms in total. The molecule has 0 bridgehead atoms. The summed E-state index contributed by atoms with van der Waals surface area (Å²) in [7, 11) is 1.65. The van der Waals surface area contributed by atoms with Gasteiger partial charge in [-0.1, -0.05) is 6.92 Å². The molecule has 1 atom stereocenters. The lowest BCUT2D eigenvalue weighted by molar-refractivity contribution is 0.170. The summed E-state index contributed by atoms with van der Waals surface area (Å²) in [5, 5.41) is 0. The second kappa shape index (κ2) is 4.61. The lowest BCUT2D eigenvalue weighted by atomic mass is 9.99. The third-order valence-electron chi connectivity index (χ3n) is 2.78. The van der Waals surface area contributed by atoms with E-state index in [0.29, 0.717) is 19.8 Å². The molecule has 0 radical (unpaired) electrons.